The number of hydrogen-bond acceptors (Lipinski definition) is 4. The summed E-state index contributed by atoms with van der Waals surface area (Å²) in [6.07, 6.45) is -0.664. The Morgan fingerprint density at radius 2 is 2.20 bits per heavy atom. The van der Waals surface area contributed by atoms with Crippen LogP contribution in [0.5, 0.6) is 11.5 Å². The molecule has 1 atom stereocenters. The first-order chi connectivity index (χ1) is 7.10. The van der Waals surface area contributed by atoms with E-state index < -0.39 is 6.10 Å². The Morgan fingerprint density at radius 3 is 2.73 bits per heavy atom. The van der Waals surface area contributed by atoms with Crippen molar-refractivity contribution in [3.63, 3.8) is 0 Å². The number of aliphatic hydroxyl groups is 1. The van der Waals surface area contributed by atoms with Crippen LogP contribution in [0.4, 0.5) is 0 Å². The Hall–Kier alpha value is -0.780. The lowest BCUT2D eigenvalue weighted by Crippen LogP contribution is -2.16. The van der Waals surface area contributed by atoms with Gasteiger partial charge in [0.05, 0.1) is 13.2 Å². The average Bonchev–Trinajstić information content (AvgIpc) is 2.22. The first kappa shape index (κ1) is 12.3. The van der Waals surface area contributed by atoms with Gasteiger partial charge < -0.3 is 20.3 Å². The number of phenolic OH excluding ortho intramolecular Hbond substituents is 1. The Bertz CT molecular complexity index is 344. The van der Waals surface area contributed by atoms with Crippen LogP contribution < -0.4 is 10.1 Å². The summed E-state index contributed by atoms with van der Waals surface area (Å²) in [7, 11) is 3.26. The van der Waals surface area contributed by atoms with Crippen LogP contribution >= 0.6 is 15.9 Å². The number of ether oxygens (including phenoxy) is 1. The van der Waals surface area contributed by atoms with Crippen LogP contribution in [0.3, 0.4) is 0 Å². The number of aromatic hydroxyl groups is 1. The molecule has 0 saturated heterocycles. The van der Waals surface area contributed by atoms with Crippen molar-refractivity contribution in [2.75, 3.05) is 20.7 Å². The summed E-state index contributed by atoms with van der Waals surface area (Å²) >= 11 is 3.19. The van der Waals surface area contributed by atoms with Crippen molar-refractivity contribution in [2.45, 2.75) is 6.10 Å². The van der Waals surface area contributed by atoms with Crippen LogP contribution in [0.25, 0.3) is 0 Å². The summed E-state index contributed by atoms with van der Waals surface area (Å²) in [4.78, 5) is 0. The summed E-state index contributed by atoms with van der Waals surface area (Å²) < 4.78 is 5.55. The van der Waals surface area contributed by atoms with Gasteiger partial charge in [0.2, 0.25) is 0 Å². The summed E-state index contributed by atoms with van der Waals surface area (Å²) in [5, 5.41) is 22.1. The van der Waals surface area contributed by atoms with Crippen LogP contribution in [0, 0.1) is 0 Å². The molecule has 0 heterocycles. The lowest BCUT2D eigenvalue weighted by molar-refractivity contribution is 0.177. The largest absolute Gasteiger partial charge is 0.507 e. The number of methoxy groups -OCH3 is 1. The van der Waals surface area contributed by atoms with E-state index in [4.69, 9.17) is 4.74 Å². The van der Waals surface area contributed by atoms with E-state index in [-0.39, 0.29) is 5.75 Å². The fourth-order valence-corrected chi connectivity index (χ4v) is 1.65. The second-order valence-electron chi connectivity index (χ2n) is 3.13. The van der Waals surface area contributed by atoms with Crippen LogP contribution in [-0.2, 0) is 0 Å². The zero-order valence-electron chi connectivity index (χ0n) is 8.62. The van der Waals surface area contributed by atoms with Gasteiger partial charge in [-0.2, -0.15) is 0 Å². The second kappa shape index (κ2) is 5.34. The zero-order chi connectivity index (χ0) is 11.4. The SMILES string of the molecule is CNCC(O)c1cc(O)c(Br)c(OC)c1. The Morgan fingerprint density at radius 1 is 1.53 bits per heavy atom. The number of benzene rings is 1. The molecule has 1 aromatic carbocycles. The van der Waals surface area contributed by atoms with Gasteiger partial charge in [-0.25, -0.2) is 0 Å². The standard InChI is InChI=1S/C10H14BrNO3/c1-12-5-8(14)6-3-7(13)10(11)9(4-6)15-2/h3-4,8,12-14H,5H2,1-2H3. The van der Waals surface area contributed by atoms with Crippen molar-refractivity contribution in [1.82, 2.24) is 5.32 Å². The number of likely N-dealkylation sites (N-methyl/N-ethyl adjacent to an activating group) is 1. The van der Waals surface area contributed by atoms with Crippen LogP contribution in [-0.4, -0.2) is 30.9 Å². The Kier molecular flexibility index (Phi) is 4.38. The number of nitrogens with one attached hydrogen (secondary N) is 1. The van der Waals surface area contributed by atoms with E-state index in [1.54, 1.807) is 13.1 Å². The molecular formula is C10H14BrNO3. The highest BCUT2D eigenvalue weighted by Gasteiger charge is 2.13. The normalized spacial score (nSPS) is 12.5. The molecule has 1 unspecified atom stereocenters. The zero-order valence-corrected chi connectivity index (χ0v) is 10.2. The van der Waals surface area contributed by atoms with E-state index in [2.05, 4.69) is 21.2 Å². The first-order valence-electron chi connectivity index (χ1n) is 4.49. The molecule has 4 nitrogen and oxygen atoms in total. The monoisotopic (exact) mass is 275 g/mol. The predicted octanol–water partition coefficient (Wildman–Crippen LogP) is 1.42. The van der Waals surface area contributed by atoms with E-state index >= 15 is 0 Å². The molecule has 3 N–H and O–H groups in total. The van der Waals surface area contributed by atoms with Gasteiger partial charge in [0, 0.05) is 6.54 Å². The summed E-state index contributed by atoms with van der Waals surface area (Å²) in [6, 6.07) is 3.19. The third-order valence-corrected chi connectivity index (χ3v) is 2.84. The molecule has 0 spiro atoms. The highest BCUT2D eigenvalue weighted by atomic mass is 79.9. The predicted molar refractivity (Wildman–Crippen MR) is 61.2 cm³/mol. The van der Waals surface area contributed by atoms with Gasteiger partial charge in [0.15, 0.2) is 0 Å². The summed E-state index contributed by atoms with van der Waals surface area (Å²) in [6.45, 7) is 0.421. The van der Waals surface area contributed by atoms with Crippen molar-refractivity contribution < 1.29 is 14.9 Å². The maximum atomic E-state index is 9.71. The maximum absolute atomic E-state index is 9.71. The van der Waals surface area contributed by atoms with Gasteiger partial charge in [-0.3, -0.25) is 0 Å². The highest BCUT2D eigenvalue weighted by molar-refractivity contribution is 9.10. The fourth-order valence-electron chi connectivity index (χ4n) is 1.26. The molecule has 0 bridgehead atoms. The number of hydrogen-bond donors (Lipinski definition) is 3. The number of phenols is 1. The van der Waals surface area contributed by atoms with Crippen molar-refractivity contribution in [3.8, 4) is 11.5 Å². The number of halogens is 1. The molecule has 0 aliphatic heterocycles. The lowest BCUT2D eigenvalue weighted by Gasteiger charge is -2.13. The van der Waals surface area contributed by atoms with Crippen LogP contribution in [0.15, 0.2) is 16.6 Å². The van der Waals surface area contributed by atoms with E-state index in [0.29, 0.717) is 22.3 Å². The average molecular weight is 276 g/mol. The van der Waals surface area contributed by atoms with Gasteiger partial charge in [-0.1, -0.05) is 0 Å². The van der Waals surface area contributed by atoms with Gasteiger partial charge in [0.1, 0.15) is 16.0 Å². The molecule has 0 saturated carbocycles. The first-order valence-corrected chi connectivity index (χ1v) is 5.28. The molecule has 0 aromatic heterocycles. The summed E-state index contributed by atoms with van der Waals surface area (Å²) in [5.41, 5.74) is 0.613. The van der Waals surface area contributed by atoms with E-state index in [1.807, 2.05) is 0 Å². The van der Waals surface area contributed by atoms with Crippen molar-refractivity contribution in [3.05, 3.63) is 22.2 Å². The molecule has 0 aliphatic carbocycles. The van der Waals surface area contributed by atoms with Crippen LogP contribution in [0.1, 0.15) is 11.7 Å². The van der Waals surface area contributed by atoms with Crippen molar-refractivity contribution >= 4 is 15.9 Å². The minimum absolute atomic E-state index is 0.0551. The molecule has 0 aliphatic rings. The van der Waals surface area contributed by atoms with E-state index in [9.17, 15) is 10.2 Å². The molecule has 1 rings (SSSR count). The quantitative estimate of drug-likeness (QED) is 0.778. The van der Waals surface area contributed by atoms with Gasteiger partial charge in [-0.05, 0) is 40.7 Å². The minimum atomic E-state index is -0.664. The Balaban J connectivity index is 3.05. The van der Waals surface area contributed by atoms with Gasteiger partial charge in [-0.15, -0.1) is 0 Å². The third-order valence-electron chi connectivity index (χ3n) is 2.04. The molecule has 1 aromatic rings. The minimum Gasteiger partial charge on any atom is -0.507 e. The van der Waals surface area contributed by atoms with Gasteiger partial charge >= 0.3 is 0 Å². The lowest BCUT2D eigenvalue weighted by atomic mass is 10.1. The van der Waals surface area contributed by atoms with E-state index in [0.717, 1.165) is 0 Å². The molecule has 0 amide bonds. The van der Waals surface area contributed by atoms with Crippen LogP contribution in [0.2, 0.25) is 0 Å². The number of aliphatic hydroxyl groups excluding tert-OH is 1. The molecule has 5 heteroatoms. The third kappa shape index (κ3) is 2.84. The molecule has 84 valence electrons. The van der Waals surface area contributed by atoms with Crippen molar-refractivity contribution in [2.24, 2.45) is 0 Å². The topological polar surface area (TPSA) is 61.7 Å². The fraction of sp³-hybridized carbons (Fsp3) is 0.400. The van der Waals surface area contributed by atoms with Gasteiger partial charge in [0.25, 0.3) is 0 Å². The van der Waals surface area contributed by atoms with Crippen molar-refractivity contribution in [1.29, 1.82) is 0 Å². The molecular weight excluding hydrogens is 262 g/mol. The molecule has 0 fully saturated rings. The molecule has 15 heavy (non-hydrogen) atoms. The smallest absolute Gasteiger partial charge is 0.137 e. The second-order valence-corrected chi connectivity index (χ2v) is 3.92. The molecule has 0 radical (unpaired) electrons. The van der Waals surface area contributed by atoms with E-state index in [1.165, 1.54) is 13.2 Å². The number of rotatable bonds is 4. The Labute approximate surface area is 97.0 Å². The summed E-state index contributed by atoms with van der Waals surface area (Å²) in [5.74, 6) is 0.555. The maximum Gasteiger partial charge on any atom is 0.137 e. The highest BCUT2D eigenvalue weighted by Crippen LogP contribution is 2.36.